The van der Waals surface area contributed by atoms with Gasteiger partial charge in [-0.25, -0.2) is 9.97 Å². The standard InChI is InChI=1S/C14H18N4.C3H8O2.C2H6/c1-3-14(2)6-4-10(8-14)18-7-5-11-12(15)16-9-17-13(11)18;1-3(2,4)5;1-2/h3,5,7,9-10H,1,4,6,8H2,2H3,(H2,15,16,17);4-5H,1-2H3;1-2H3/t10?,14-;;/m1../s1. The molecular weight excluding hydrogens is 316 g/mol. The zero-order valence-corrected chi connectivity index (χ0v) is 16.0. The van der Waals surface area contributed by atoms with Gasteiger partial charge in [-0.15, -0.1) is 6.58 Å². The van der Waals surface area contributed by atoms with Gasteiger partial charge in [0.1, 0.15) is 17.8 Å². The van der Waals surface area contributed by atoms with E-state index in [1.165, 1.54) is 26.6 Å². The van der Waals surface area contributed by atoms with E-state index in [0.717, 1.165) is 23.9 Å². The first-order valence-electron chi connectivity index (χ1n) is 8.78. The van der Waals surface area contributed by atoms with Crippen molar-refractivity contribution in [3.05, 3.63) is 31.2 Å². The number of nitrogen functional groups attached to an aromatic ring is 1. The number of hydrogen-bond donors (Lipinski definition) is 3. The first-order valence-corrected chi connectivity index (χ1v) is 8.78. The molecule has 25 heavy (non-hydrogen) atoms. The molecule has 2 atom stereocenters. The zero-order valence-electron chi connectivity index (χ0n) is 16.0. The summed E-state index contributed by atoms with van der Waals surface area (Å²) in [6, 6.07) is 2.49. The van der Waals surface area contributed by atoms with Crippen LogP contribution < -0.4 is 5.73 Å². The van der Waals surface area contributed by atoms with Gasteiger partial charge in [0.15, 0.2) is 5.79 Å². The fourth-order valence-electron chi connectivity index (χ4n) is 2.95. The van der Waals surface area contributed by atoms with Gasteiger partial charge in [0.25, 0.3) is 0 Å². The number of aliphatic hydroxyl groups is 2. The summed E-state index contributed by atoms with van der Waals surface area (Å²) in [6.45, 7) is 12.8. The van der Waals surface area contributed by atoms with Crippen LogP contribution in [0.4, 0.5) is 5.82 Å². The van der Waals surface area contributed by atoms with Gasteiger partial charge >= 0.3 is 0 Å². The van der Waals surface area contributed by atoms with Gasteiger partial charge < -0.3 is 20.5 Å². The lowest BCUT2D eigenvalue weighted by Crippen LogP contribution is -2.15. The fourth-order valence-corrected chi connectivity index (χ4v) is 2.95. The normalized spacial score (nSPS) is 22.6. The molecule has 1 unspecified atom stereocenters. The Labute approximate surface area is 150 Å². The Morgan fingerprint density at radius 2 is 1.96 bits per heavy atom. The average molecular weight is 348 g/mol. The van der Waals surface area contributed by atoms with Crippen LogP contribution >= 0.6 is 0 Å². The molecule has 2 aromatic rings. The van der Waals surface area contributed by atoms with Crippen molar-refractivity contribution in [2.24, 2.45) is 5.41 Å². The molecule has 0 spiro atoms. The van der Waals surface area contributed by atoms with Crippen LogP contribution in [-0.2, 0) is 0 Å². The van der Waals surface area contributed by atoms with Crippen LogP contribution in [0.2, 0.25) is 0 Å². The fraction of sp³-hybridized carbons (Fsp3) is 0.579. The third kappa shape index (κ3) is 5.83. The molecule has 0 aliphatic heterocycles. The van der Waals surface area contributed by atoms with E-state index >= 15 is 0 Å². The molecule has 3 rings (SSSR count). The smallest absolute Gasteiger partial charge is 0.156 e. The van der Waals surface area contributed by atoms with E-state index in [2.05, 4.69) is 40.3 Å². The highest BCUT2D eigenvalue weighted by atomic mass is 16.5. The highest BCUT2D eigenvalue weighted by Gasteiger charge is 2.33. The molecular formula is C19H32N4O2. The van der Waals surface area contributed by atoms with Crippen molar-refractivity contribution in [2.45, 2.75) is 65.7 Å². The van der Waals surface area contributed by atoms with Gasteiger partial charge in [-0.1, -0.05) is 26.8 Å². The monoisotopic (exact) mass is 348 g/mol. The summed E-state index contributed by atoms with van der Waals surface area (Å²) in [6.07, 6.45) is 9.16. The van der Waals surface area contributed by atoms with Crippen LogP contribution in [0.15, 0.2) is 31.2 Å². The van der Waals surface area contributed by atoms with E-state index < -0.39 is 5.79 Å². The van der Waals surface area contributed by atoms with Crippen LogP contribution in [-0.4, -0.2) is 30.5 Å². The first-order chi connectivity index (χ1) is 11.6. The quantitative estimate of drug-likeness (QED) is 0.568. The second-order valence-corrected chi connectivity index (χ2v) is 6.97. The third-order valence-corrected chi connectivity index (χ3v) is 4.18. The van der Waals surface area contributed by atoms with Gasteiger partial charge in [0.2, 0.25) is 0 Å². The average Bonchev–Trinajstić information content (AvgIpc) is 3.13. The topological polar surface area (TPSA) is 97.2 Å². The molecule has 0 aromatic carbocycles. The molecule has 140 valence electrons. The number of hydrogen-bond acceptors (Lipinski definition) is 5. The molecule has 1 aliphatic carbocycles. The maximum Gasteiger partial charge on any atom is 0.156 e. The highest BCUT2D eigenvalue weighted by Crippen LogP contribution is 2.45. The lowest BCUT2D eigenvalue weighted by molar-refractivity contribution is -0.127. The molecule has 0 saturated heterocycles. The molecule has 0 amide bonds. The predicted molar refractivity (Wildman–Crippen MR) is 103 cm³/mol. The minimum Gasteiger partial charge on any atom is -0.383 e. The first kappa shape index (κ1) is 21.1. The van der Waals surface area contributed by atoms with Crippen LogP contribution in [0, 0.1) is 5.41 Å². The number of allylic oxidation sites excluding steroid dienone is 1. The number of fused-ring (bicyclic) bond motifs is 1. The molecule has 6 nitrogen and oxygen atoms in total. The maximum atomic E-state index is 8.08. The predicted octanol–water partition coefficient (Wildman–Crippen LogP) is 3.66. The molecule has 2 aromatic heterocycles. The van der Waals surface area contributed by atoms with Crippen molar-refractivity contribution in [3.63, 3.8) is 0 Å². The number of aromatic nitrogens is 3. The van der Waals surface area contributed by atoms with Gasteiger partial charge in [-0.2, -0.15) is 0 Å². The van der Waals surface area contributed by atoms with Crippen molar-refractivity contribution in [1.29, 1.82) is 0 Å². The van der Waals surface area contributed by atoms with E-state index in [-0.39, 0.29) is 5.41 Å². The lowest BCUT2D eigenvalue weighted by Gasteiger charge is -2.19. The summed E-state index contributed by atoms with van der Waals surface area (Å²) < 4.78 is 2.24. The molecule has 0 bridgehead atoms. The Bertz CT molecular complexity index is 684. The Hall–Kier alpha value is -1.92. The molecule has 4 N–H and O–H groups in total. The van der Waals surface area contributed by atoms with Crippen molar-refractivity contribution in [1.82, 2.24) is 14.5 Å². The van der Waals surface area contributed by atoms with Crippen molar-refractivity contribution < 1.29 is 10.2 Å². The Morgan fingerprint density at radius 1 is 1.36 bits per heavy atom. The molecule has 1 saturated carbocycles. The minimum absolute atomic E-state index is 0.250. The van der Waals surface area contributed by atoms with E-state index in [1.807, 2.05) is 19.9 Å². The number of nitrogens with two attached hydrogens (primary N) is 1. The van der Waals surface area contributed by atoms with Gasteiger partial charge in [-0.3, -0.25) is 0 Å². The van der Waals surface area contributed by atoms with Gasteiger partial charge in [0, 0.05) is 12.2 Å². The SMILES string of the molecule is C=C[C@]1(C)CCC(n2ccc3c(N)ncnc32)C1.CC.CC(C)(O)O. The second-order valence-electron chi connectivity index (χ2n) is 6.97. The van der Waals surface area contributed by atoms with Crippen LogP contribution in [0.25, 0.3) is 11.0 Å². The number of nitrogens with zero attached hydrogens (tertiary/aromatic N) is 3. The van der Waals surface area contributed by atoms with E-state index in [4.69, 9.17) is 15.9 Å². The zero-order chi connectivity index (χ0) is 19.3. The number of anilines is 1. The molecule has 0 radical (unpaired) electrons. The van der Waals surface area contributed by atoms with Crippen LogP contribution in [0.1, 0.15) is 59.9 Å². The van der Waals surface area contributed by atoms with E-state index in [0.29, 0.717) is 11.9 Å². The lowest BCUT2D eigenvalue weighted by atomic mass is 9.89. The number of rotatable bonds is 2. The Balaban J connectivity index is 0.000000388. The molecule has 1 aliphatic rings. The van der Waals surface area contributed by atoms with Crippen molar-refractivity contribution >= 4 is 16.9 Å². The Morgan fingerprint density at radius 3 is 2.48 bits per heavy atom. The summed E-state index contributed by atoms with van der Waals surface area (Å²) in [7, 11) is 0. The molecule has 1 fully saturated rings. The van der Waals surface area contributed by atoms with Crippen LogP contribution in [0.5, 0.6) is 0 Å². The van der Waals surface area contributed by atoms with Crippen LogP contribution in [0.3, 0.4) is 0 Å². The summed E-state index contributed by atoms with van der Waals surface area (Å²) in [5, 5.41) is 17.1. The minimum atomic E-state index is -1.50. The highest BCUT2D eigenvalue weighted by molar-refractivity contribution is 5.86. The van der Waals surface area contributed by atoms with Crippen molar-refractivity contribution in [2.75, 3.05) is 5.73 Å². The van der Waals surface area contributed by atoms with E-state index in [9.17, 15) is 0 Å². The van der Waals surface area contributed by atoms with Gasteiger partial charge in [-0.05, 0) is 44.6 Å². The summed E-state index contributed by atoms with van der Waals surface area (Å²) in [4.78, 5) is 8.40. The maximum absolute atomic E-state index is 8.08. The molecule has 2 heterocycles. The summed E-state index contributed by atoms with van der Waals surface area (Å²) in [5.74, 6) is -0.941. The largest absolute Gasteiger partial charge is 0.383 e. The van der Waals surface area contributed by atoms with Crippen molar-refractivity contribution in [3.8, 4) is 0 Å². The Kier molecular flexibility index (Phi) is 7.14. The van der Waals surface area contributed by atoms with Gasteiger partial charge in [0.05, 0.1) is 5.39 Å². The van der Waals surface area contributed by atoms with E-state index in [1.54, 1.807) is 0 Å². The summed E-state index contributed by atoms with van der Waals surface area (Å²) >= 11 is 0. The third-order valence-electron chi connectivity index (χ3n) is 4.18. The molecule has 6 heteroatoms. The second kappa shape index (κ2) is 8.45. The summed E-state index contributed by atoms with van der Waals surface area (Å²) in [5.41, 5.74) is 7.06.